The molecule has 17 heavy (non-hydrogen) atoms. The smallest absolute Gasteiger partial charge is 0.326 e. The Bertz CT molecular complexity index is 409. The van der Waals surface area contributed by atoms with Crippen LogP contribution >= 0.6 is 12.8 Å². The summed E-state index contributed by atoms with van der Waals surface area (Å²) < 4.78 is 36.6. The van der Waals surface area contributed by atoms with Gasteiger partial charge in [0.2, 0.25) is 0 Å². The zero-order chi connectivity index (χ0) is 13.1. The van der Waals surface area contributed by atoms with E-state index in [1.807, 2.05) is 0 Å². The van der Waals surface area contributed by atoms with Crippen LogP contribution in [0, 0.1) is 0 Å². The van der Waals surface area contributed by atoms with Crippen LogP contribution in [0.4, 0.5) is 13.2 Å². The van der Waals surface area contributed by atoms with Gasteiger partial charge in [0.15, 0.2) is 0 Å². The quantitative estimate of drug-likeness (QED) is 0.819. The average molecular weight is 264 g/mol. The van der Waals surface area contributed by atoms with E-state index in [0.717, 1.165) is 5.56 Å². The first kappa shape index (κ1) is 13.9. The highest BCUT2D eigenvalue weighted by molar-refractivity contribution is 7.78. The molecule has 0 aromatic heterocycles. The third-order valence-electron chi connectivity index (χ3n) is 2.04. The van der Waals surface area contributed by atoms with Crippen molar-refractivity contribution in [2.75, 3.05) is 0 Å². The molecule has 0 heterocycles. The fourth-order valence-corrected chi connectivity index (χ4v) is 1.52. The molecule has 0 aliphatic heterocycles. The molecule has 0 radical (unpaired) electrons. The molecule has 0 bridgehead atoms. The summed E-state index contributed by atoms with van der Waals surface area (Å²) >= 11 is 3.53. The Morgan fingerprint density at radius 1 is 1.35 bits per heavy atom. The molecule has 3 nitrogen and oxygen atoms in total. The standard InChI is InChI=1S/C10H11F3N2OS/c11-10(12,13)9(16)15(17)6-8-3-1-2-7(4-8)5-14/h1-4,17H,5-6,14H2. The second-order valence-corrected chi connectivity index (χ2v) is 3.87. The number of halogens is 3. The van der Waals surface area contributed by atoms with E-state index >= 15 is 0 Å². The number of amides is 1. The topological polar surface area (TPSA) is 46.3 Å². The number of thiol groups is 1. The van der Waals surface area contributed by atoms with Crippen molar-refractivity contribution in [1.29, 1.82) is 0 Å². The van der Waals surface area contributed by atoms with Gasteiger partial charge >= 0.3 is 12.1 Å². The second-order valence-electron chi connectivity index (χ2n) is 3.38. The summed E-state index contributed by atoms with van der Waals surface area (Å²) in [7, 11) is 0. The highest BCUT2D eigenvalue weighted by Gasteiger charge is 2.41. The zero-order valence-corrected chi connectivity index (χ0v) is 9.63. The molecule has 2 N–H and O–H groups in total. The van der Waals surface area contributed by atoms with Crippen LogP contribution < -0.4 is 5.73 Å². The summed E-state index contributed by atoms with van der Waals surface area (Å²) in [6, 6.07) is 6.65. The summed E-state index contributed by atoms with van der Waals surface area (Å²) in [4.78, 5) is 10.8. The van der Waals surface area contributed by atoms with E-state index in [-0.39, 0.29) is 13.1 Å². The van der Waals surface area contributed by atoms with Gasteiger partial charge in [-0.05, 0) is 11.1 Å². The van der Waals surface area contributed by atoms with Crippen molar-refractivity contribution in [2.24, 2.45) is 5.73 Å². The van der Waals surface area contributed by atoms with Gasteiger partial charge in [-0.25, -0.2) is 0 Å². The number of carbonyl (C=O) groups is 1. The summed E-state index contributed by atoms with van der Waals surface area (Å²) in [5, 5.41) is 0. The normalized spacial score (nSPS) is 11.4. The van der Waals surface area contributed by atoms with Crippen molar-refractivity contribution < 1.29 is 18.0 Å². The van der Waals surface area contributed by atoms with Crippen molar-refractivity contribution in [3.05, 3.63) is 35.4 Å². The van der Waals surface area contributed by atoms with Crippen LogP contribution in [-0.2, 0) is 17.9 Å². The monoisotopic (exact) mass is 264 g/mol. The van der Waals surface area contributed by atoms with Gasteiger partial charge in [-0.2, -0.15) is 13.2 Å². The summed E-state index contributed by atoms with van der Waals surface area (Å²) in [6.07, 6.45) is -4.91. The highest BCUT2D eigenvalue weighted by Crippen LogP contribution is 2.21. The Kier molecular flexibility index (Phi) is 4.41. The molecular formula is C10H11F3N2OS. The first-order chi connectivity index (χ1) is 7.84. The van der Waals surface area contributed by atoms with Crippen LogP contribution in [-0.4, -0.2) is 16.4 Å². The number of hydrogen-bond acceptors (Lipinski definition) is 3. The summed E-state index contributed by atoms with van der Waals surface area (Å²) in [5.41, 5.74) is 6.72. The number of nitrogens with zero attached hydrogens (tertiary/aromatic N) is 1. The van der Waals surface area contributed by atoms with Gasteiger partial charge in [-0.1, -0.05) is 37.1 Å². The Morgan fingerprint density at radius 3 is 2.47 bits per heavy atom. The van der Waals surface area contributed by atoms with Gasteiger partial charge in [0.1, 0.15) is 0 Å². The van der Waals surface area contributed by atoms with E-state index in [1.165, 1.54) is 0 Å². The lowest BCUT2D eigenvalue weighted by Crippen LogP contribution is -2.34. The molecule has 0 fully saturated rings. The van der Waals surface area contributed by atoms with E-state index in [2.05, 4.69) is 12.8 Å². The number of benzene rings is 1. The Balaban J connectivity index is 2.74. The Hall–Kier alpha value is -1.21. The van der Waals surface area contributed by atoms with Crippen LogP contribution in [0.5, 0.6) is 0 Å². The van der Waals surface area contributed by atoms with Crippen LogP contribution in [0.15, 0.2) is 24.3 Å². The molecule has 0 aliphatic carbocycles. The SMILES string of the molecule is NCc1cccc(CN(S)C(=O)C(F)(F)F)c1. The van der Waals surface area contributed by atoms with E-state index in [1.54, 1.807) is 24.3 Å². The molecule has 0 spiro atoms. The summed E-state index contributed by atoms with van der Waals surface area (Å²) in [5.74, 6) is -1.99. The number of hydrogen-bond donors (Lipinski definition) is 2. The van der Waals surface area contributed by atoms with Crippen LogP contribution in [0.1, 0.15) is 11.1 Å². The van der Waals surface area contributed by atoms with Crippen LogP contribution in [0.25, 0.3) is 0 Å². The molecular weight excluding hydrogens is 253 g/mol. The fourth-order valence-electron chi connectivity index (χ4n) is 1.25. The maximum Gasteiger partial charge on any atom is 0.472 e. The maximum absolute atomic E-state index is 12.1. The van der Waals surface area contributed by atoms with Crippen molar-refractivity contribution >= 4 is 18.7 Å². The summed E-state index contributed by atoms with van der Waals surface area (Å²) in [6.45, 7) is 0.0585. The number of rotatable bonds is 3. The lowest BCUT2D eigenvalue weighted by molar-refractivity contribution is -0.180. The molecule has 1 amide bonds. The van der Waals surface area contributed by atoms with Gasteiger partial charge in [0.25, 0.3) is 0 Å². The Labute approximate surface area is 102 Å². The molecule has 0 atom stereocenters. The molecule has 7 heteroatoms. The first-order valence-corrected chi connectivity index (χ1v) is 5.10. The van der Waals surface area contributed by atoms with Crippen molar-refractivity contribution in [1.82, 2.24) is 4.31 Å². The maximum atomic E-state index is 12.1. The van der Waals surface area contributed by atoms with Gasteiger partial charge in [-0.3, -0.25) is 9.10 Å². The molecule has 0 saturated carbocycles. The predicted octanol–water partition coefficient (Wildman–Crippen LogP) is 1.88. The van der Waals surface area contributed by atoms with Gasteiger partial charge in [0, 0.05) is 6.54 Å². The van der Waals surface area contributed by atoms with E-state index in [0.29, 0.717) is 9.87 Å². The first-order valence-electron chi connectivity index (χ1n) is 4.70. The van der Waals surface area contributed by atoms with Crippen LogP contribution in [0.2, 0.25) is 0 Å². The molecule has 0 unspecified atom stereocenters. The largest absolute Gasteiger partial charge is 0.472 e. The van der Waals surface area contributed by atoms with E-state index < -0.39 is 12.1 Å². The van der Waals surface area contributed by atoms with Gasteiger partial charge in [-0.15, -0.1) is 0 Å². The number of carbonyl (C=O) groups excluding carboxylic acids is 1. The molecule has 1 rings (SSSR count). The highest BCUT2D eigenvalue weighted by atomic mass is 32.1. The Morgan fingerprint density at radius 2 is 1.94 bits per heavy atom. The minimum absolute atomic E-state index is 0.227. The molecule has 0 aliphatic rings. The third kappa shape index (κ3) is 3.94. The molecule has 1 aromatic carbocycles. The second kappa shape index (κ2) is 5.42. The average Bonchev–Trinajstić information content (AvgIpc) is 2.27. The predicted molar refractivity (Wildman–Crippen MR) is 59.9 cm³/mol. The molecule has 1 aromatic rings. The van der Waals surface area contributed by atoms with Gasteiger partial charge in [0.05, 0.1) is 6.54 Å². The number of alkyl halides is 3. The van der Waals surface area contributed by atoms with E-state index in [9.17, 15) is 18.0 Å². The minimum Gasteiger partial charge on any atom is -0.326 e. The fraction of sp³-hybridized carbons (Fsp3) is 0.300. The van der Waals surface area contributed by atoms with E-state index in [4.69, 9.17) is 5.73 Å². The lowest BCUT2D eigenvalue weighted by atomic mass is 10.1. The lowest BCUT2D eigenvalue weighted by Gasteiger charge is -2.17. The zero-order valence-electron chi connectivity index (χ0n) is 8.74. The molecule has 94 valence electrons. The van der Waals surface area contributed by atoms with Crippen molar-refractivity contribution in [2.45, 2.75) is 19.3 Å². The van der Waals surface area contributed by atoms with Crippen molar-refractivity contribution in [3.8, 4) is 0 Å². The van der Waals surface area contributed by atoms with Gasteiger partial charge < -0.3 is 5.73 Å². The minimum atomic E-state index is -4.91. The van der Waals surface area contributed by atoms with Crippen LogP contribution in [0.3, 0.4) is 0 Å². The molecule has 0 saturated heterocycles. The number of nitrogens with two attached hydrogens (primary N) is 1. The third-order valence-corrected chi connectivity index (χ3v) is 2.36. The van der Waals surface area contributed by atoms with Crippen molar-refractivity contribution in [3.63, 3.8) is 0 Å².